The van der Waals surface area contributed by atoms with E-state index in [0.717, 1.165) is 18.8 Å². The molecule has 0 aliphatic heterocycles. The van der Waals surface area contributed by atoms with Crippen molar-refractivity contribution in [2.24, 2.45) is 5.92 Å². The van der Waals surface area contributed by atoms with Crippen LogP contribution < -0.4 is 5.32 Å². The summed E-state index contributed by atoms with van der Waals surface area (Å²) in [5.41, 5.74) is 0. The van der Waals surface area contributed by atoms with E-state index in [4.69, 9.17) is 5.11 Å². The summed E-state index contributed by atoms with van der Waals surface area (Å²) in [5, 5.41) is 14.7. The van der Waals surface area contributed by atoms with Gasteiger partial charge in [0.1, 0.15) is 0 Å². The van der Waals surface area contributed by atoms with Gasteiger partial charge in [-0.3, -0.25) is 0 Å². The van der Waals surface area contributed by atoms with Crippen LogP contribution >= 0.6 is 11.3 Å². The molecule has 2 N–H and O–H groups in total. The van der Waals surface area contributed by atoms with Gasteiger partial charge in [0.2, 0.25) is 0 Å². The highest BCUT2D eigenvalue weighted by Gasteiger charge is 2.33. The highest BCUT2D eigenvalue weighted by molar-refractivity contribution is 7.10. The summed E-state index contributed by atoms with van der Waals surface area (Å²) in [4.78, 5) is 1.47. The van der Waals surface area contributed by atoms with Crippen LogP contribution in [0.1, 0.15) is 43.5 Å². The molecule has 2 atom stereocenters. The predicted molar refractivity (Wildman–Crippen MR) is 68.7 cm³/mol. The maximum absolute atomic E-state index is 8.83. The van der Waals surface area contributed by atoms with Crippen LogP contribution in [0.2, 0.25) is 0 Å². The van der Waals surface area contributed by atoms with Crippen molar-refractivity contribution in [2.45, 2.75) is 44.7 Å². The van der Waals surface area contributed by atoms with Crippen LogP contribution in [0.4, 0.5) is 0 Å². The van der Waals surface area contributed by atoms with E-state index in [1.54, 1.807) is 0 Å². The Hall–Kier alpha value is -0.380. The van der Waals surface area contributed by atoms with Crippen molar-refractivity contribution in [2.75, 3.05) is 6.61 Å². The van der Waals surface area contributed by atoms with Crippen LogP contribution in [0, 0.1) is 5.92 Å². The molecule has 0 saturated heterocycles. The van der Waals surface area contributed by atoms with E-state index < -0.39 is 0 Å². The van der Waals surface area contributed by atoms with Crippen molar-refractivity contribution in [1.29, 1.82) is 0 Å². The molecule has 1 fully saturated rings. The Morgan fingerprint density at radius 1 is 1.56 bits per heavy atom. The molecule has 2 unspecified atom stereocenters. The highest BCUT2D eigenvalue weighted by atomic mass is 32.1. The first-order valence-corrected chi connectivity index (χ1v) is 7.09. The number of aliphatic hydroxyl groups excluding tert-OH is 1. The molecule has 90 valence electrons. The molecule has 0 amide bonds. The van der Waals surface area contributed by atoms with Gasteiger partial charge in [-0.2, -0.15) is 0 Å². The minimum Gasteiger partial charge on any atom is -0.396 e. The summed E-state index contributed by atoms with van der Waals surface area (Å²) in [6.07, 6.45) is 4.69. The second kappa shape index (κ2) is 5.80. The molecule has 1 aliphatic carbocycles. The first-order chi connectivity index (χ1) is 7.81. The van der Waals surface area contributed by atoms with Gasteiger partial charge in [-0.25, -0.2) is 0 Å². The van der Waals surface area contributed by atoms with E-state index in [1.807, 2.05) is 11.3 Å². The first-order valence-electron chi connectivity index (χ1n) is 6.21. The molecule has 2 rings (SSSR count). The normalized spacial score (nSPS) is 19.6. The fourth-order valence-corrected chi connectivity index (χ4v) is 3.01. The lowest BCUT2D eigenvalue weighted by Gasteiger charge is -2.22. The van der Waals surface area contributed by atoms with Crippen LogP contribution in [-0.4, -0.2) is 17.8 Å². The van der Waals surface area contributed by atoms with E-state index >= 15 is 0 Å². The zero-order valence-electron chi connectivity index (χ0n) is 9.86. The molecule has 0 aromatic carbocycles. The van der Waals surface area contributed by atoms with Crippen molar-refractivity contribution in [3.8, 4) is 0 Å². The van der Waals surface area contributed by atoms with Crippen molar-refractivity contribution in [1.82, 2.24) is 5.32 Å². The van der Waals surface area contributed by atoms with Crippen LogP contribution in [0.3, 0.4) is 0 Å². The smallest absolute Gasteiger partial charge is 0.0445 e. The van der Waals surface area contributed by atoms with Crippen LogP contribution in [0.15, 0.2) is 17.5 Å². The fraction of sp³-hybridized carbons (Fsp3) is 0.692. The Morgan fingerprint density at radius 2 is 2.38 bits per heavy atom. The summed E-state index contributed by atoms with van der Waals surface area (Å²) < 4.78 is 0. The van der Waals surface area contributed by atoms with Gasteiger partial charge >= 0.3 is 0 Å². The first kappa shape index (κ1) is 12.1. The molecule has 2 nitrogen and oxygen atoms in total. The topological polar surface area (TPSA) is 32.3 Å². The molecule has 0 radical (unpaired) electrons. The molecular weight excluding hydrogens is 218 g/mol. The molecule has 3 heteroatoms. The quantitative estimate of drug-likeness (QED) is 0.767. The Morgan fingerprint density at radius 3 is 2.94 bits per heavy atom. The maximum Gasteiger partial charge on any atom is 0.0445 e. The lowest BCUT2D eigenvalue weighted by atomic mass is 10.1. The van der Waals surface area contributed by atoms with Crippen LogP contribution in [0.25, 0.3) is 0 Å². The molecule has 16 heavy (non-hydrogen) atoms. The molecule has 1 aromatic rings. The third-order valence-corrected chi connectivity index (χ3v) is 4.16. The molecular formula is C13H21NOS. The van der Waals surface area contributed by atoms with E-state index in [1.165, 1.54) is 17.7 Å². The molecule has 1 aliphatic rings. The standard InChI is InChI=1S/C13H21NOS/c1-10(4-2-8-15)14-13(11-6-7-11)12-5-3-9-16-12/h3,5,9-11,13-15H,2,4,6-8H2,1H3. The monoisotopic (exact) mass is 239 g/mol. The highest BCUT2D eigenvalue weighted by Crippen LogP contribution is 2.42. The summed E-state index contributed by atoms with van der Waals surface area (Å²) >= 11 is 1.85. The van der Waals surface area contributed by atoms with Crippen molar-refractivity contribution in [3.05, 3.63) is 22.4 Å². The SMILES string of the molecule is CC(CCCO)NC(c1cccs1)C1CC1. The molecule has 1 aromatic heterocycles. The Kier molecular flexibility index (Phi) is 4.38. The zero-order valence-corrected chi connectivity index (χ0v) is 10.7. The Balaban J connectivity index is 1.88. The lowest BCUT2D eigenvalue weighted by molar-refractivity contribution is 0.272. The van der Waals surface area contributed by atoms with Crippen LogP contribution in [-0.2, 0) is 0 Å². The van der Waals surface area contributed by atoms with Gasteiger partial charge in [0.05, 0.1) is 0 Å². The number of thiophene rings is 1. The second-order valence-corrected chi connectivity index (χ2v) is 5.74. The fourth-order valence-electron chi connectivity index (χ4n) is 2.14. The number of hydrogen-bond donors (Lipinski definition) is 2. The minimum absolute atomic E-state index is 0.305. The van der Waals surface area contributed by atoms with Gasteiger partial charge in [0.15, 0.2) is 0 Å². The lowest BCUT2D eigenvalue weighted by Crippen LogP contribution is -2.31. The molecule has 1 saturated carbocycles. The Bertz CT molecular complexity index is 295. The number of nitrogens with one attached hydrogen (secondary N) is 1. The summed E-state index contributed by atoms with van der Waals surface area (Å²) in [6, 6.07) is 5.42. The largest absolute Gasteiger partial charge is 0.396 e. The Labute approximate surface area is 102 Å². The number of aliphatic hydroxyl groups is 1. The number of hydrogen-bond acceptors (Lipinski definition) is 3. The third-order valence-electron chi connectivity index (χ3n) is 3.20. The van der Waals surface area contributed by atoms with E-state index in [2.05, 4.69) is 29.8 Å². The predicted octanol–water partition coefficient (Wildman–Crippen LogP) is 2.95. The van der Waals surface area contributed by atoms with Crippen molar-refractivity contribution >= 4 is 11.3 Å². The third kappa shape index (κ3) is 3.30. The summed E-state index contributed by atoms with van der Waals surface area (Å²) in [6.45, 7) is 2.53. The maximum atomic E-state index is 8.83. The van der Waals surface area contributed by atoms with Crippen LogP contribution in [0.5, 0.6) is 0 Å². The summed E-state index contributed by atoms with van der Waals surface area (Å²) in [7, 11) is 0. The zero-order chi connectivity index (χ0) is 11.4. The molecule has 1 heterocycles. The van der Waals surface area contributed by atoms with Crippen molar-refractivity contribution in [3.63, 3.8) is 0 Å². The van der Waals surface area contributed by atoms with Gasteiger partial charge in [0.25, 0.3) is 0 Å². The van der Waals surface area contributed by atoms with Crippen molar-refractivity contribution < 1.29 is 5.11 Å². The minimum atomic E-state index is 0.305. The van der Waals surface area contributed by atoms with Gasteiger partial charge in [-0.1, -0.05) is 6.07 Å². The van der Waals surface area contributed by atoms with E-state index in [9.17, 15) is 0 Å². The second-order valence-electron chi connectivity index (χ2n) is 4.76. The molecule has 0 spiro atoms. The van der Waals surface area contributed by atoms with E-state index in [-0.39, 0.29) is 0 Å². The average Bonchev–Trinajstić information content (AvgIpc) is 2.98. The average molecular weight is 239 g/mol. The van der Waals surface area contributed by atoms with Gasteiger partial charge in [-0.05, 0) is 50.0 Å². The van der Waals surface area contributed by atoms with E-state index in [0.29, 0.717) is 18.7 Å². The van der Waals surface area contributed by atoms with Gasteiger partial charge in [-0.15, -0.1) is 11.3 Å². The van der Waals surface area contributed by atoms with Gasteiger partial charge in [0, 0.05) is 23.6 Å². The number of rotatable bonds is 7. The van der Waals surface area contributed by atoms with Gasteiger partial charge < -0.3 is 10.4 Å². The molecule has 0 bridgehead atoms. The summed E-state index contributed by atoms with van der Waals surface area (Å²) in [5.74, 6) is 0.843.